The molecule has 1 aliphatic heterocycles. The molecular weight excluding hydrogens is 356 g/mol. The van der Waals surface area contributed by atoms with Gasteiger partial charge >= 0.3 is 0 Å². The van der Waals surface area contributed by atoms with Crippen molar-refractivity contribution in [3.8, 4) is 11.3 Å². The highest BCUT2D eigenvalue weighted by Crippen LogP contribution is 2.27. The lowest BCUT2D eigenvalue weighted by atomic mass is 9.92. The molecule has 0 radical (unpaired) electrons. The summed E-state index contributed by atoms with van der Waals surface area (Å²) in [6.45, 7) is 5.30. The largest absolute Gasteiger partial charge is 0.361 e. The number of amides is 1. The average Bonchev–Trinajstić information content (AvgIpc) is 3.27. The van der Waals surface area contributed by atoms with E-state index in [0.29, 0.717) is 11.6 Å². The summed E-state index contributed by atoms with van der Waals surface area (Å²) in [5, 5.41) is 4.01. The van der Waals surface area contributed by atoms with E-state index in [1.54, 1.807) is 23.4 Å². The van der Waals surface area contributed by atoms with Gasteiger partial charge in [-0.3, -0.25) is 4.79 Å². The maximum absolute atomic E-state index is 12.7. The van der Waals surface area contributed by atoms with Gasteiger partial charge < -0.3 is 14.0 Å². The van der Waals surface area contributed by atoms with Crippen LogP contribution in [0.5, 0.6) is 0 Å². The van der Waals surface area contributed by atoms with Gasteiger partial charge in [-0.15, -0.1) is 0 Å². The molecule has 0 spiro atoms. The predicted molar refractivity (Wildman–Crippen MR) is 103 cm³/mol. The van der Waals surface area contributed by atoms with Crippen molar-refractivity contribution < 1.29 is 9.32 Å². The van der Waals surface area contributed by atoms with E-state index >= 15 is 0 Å². The van der Waals surface area contributed by atoms with Crippen LogP contribution in [0.25, 0.3) is 11.3 Å². The van der Waals surface area contributed by atoms with E-state index in [2.05, 4.69) is 20.1 Å². The minimum absolute atomic E-state index is 0.00407. The maximum atomic E-state index is 12.7. The summed E-state index contributed by atoms with van der Waals surface area (Å²) in [5.41, 5.74) is 4.07. The van der Waals surface area contributed by atoms with Crippen LogP contribution in [0, 0.1) is 19.8 Å². The molecule has 1 atom stereocenters. The van der Waals surface area contributed by atoms with Gasteiger partial charge in [0.1, 0.15) is 17.8 Å². The standard InChI is InChI=1S/C20H24N6O2/c1-13-19(14(2)28-24-13)17-8-16(21-11-22-17)7-15-5-4-6-26(9-15)20(27)18-10-25(3)12-23-18/h8,10-12,15H,4-7,9H2,1-3H3/t15-/m0/s1. The second kappa shape index (κ2) is 7.53. The lowest BCUT2D eigenvalue weighted by Crippen LogP contribution is -2.40. The molecule has 1 fully saturated rings. The fourth-order valence-electron chi connectivity index (χ4n) is 3.89. The number of hydrogen-bond donors (Lipinski definition) is 0. The first-order valence-electron chi connectivity index (χ1n) is 9.52. The Hall–Kier alpha value is -3.03. The van der Waals surface area contributed by atoms with Crippen molar-refractivity contribution in [1.29, 1.82) is 0 Å². The summed E-state index contributed by atoms with van der Waals surface area (Å²) < 4.78 is 7.06. The molecule has 3 aromatic rings. The van der Waals surface area contributed by atoms with E-state index in [0.717, 1.165) is 60.8 Å². The highest BCUT2D eigenvalue weighted by Gasteiger charge is 2.26. The van der Waals surface area contributed by atoms with Gasteiger partial charge in [0.2, 0.25) is 0 Å². The zero-order chi connectivity index (χ0) is 19.7. The first-order chi connectivity index (χ1) is 13.5. The van der Waals surface area contributed by atoms with Gasteiger partial charge in [-0.05, 0) is 45.1 Å². The van der Waals surface area contributed by atoms with E-state index in [1.165, 1.54) is 0 Å². The van der Waals surface area contributed by atoms with Crippen LogP contribution in [-0.4, -0.2) is 48.6 Å². The maximum Gasteiger partial charge on any atom is 0.274 e. The first kappa shape index (κ1) is 18.3. The van der Waals surface area contributed by atoms with Crippen molar-refractivity contribution in [2.45, 2.75) is 33.1 Å². The number of carbonyl (C=O) groups is 1. The minimum atomic E-state index is 0.00407. The van der Waals surface area contributed by atoms with Crippen LogP contribution in [0.2, 0.25) is 0 Å². The van der Waals surface area contributed by atoms with Crippen molar-refractivity contribution in [2.75, 3.05) is 13.1 Å². The Morgan fingerprint density at radius 3 is 2.86 bits per heavy atom. The Morgan fingerprint density at radius 1 is 1.29 bits per heavy atom. The number of aromatic nitrogens is 5. The molecule has 8 heteroatoms. The Kier molecular flexibility index (Phi) is 4.93. The summed E-state index contributed by atoms with van der Waals surface area (Å²) in [6.07, 6.45) is 7.90. The third-order valence-corrected chi connectivity index (χ3v) is 5.24. The third-order valence-electron chi connectivity index (χ3n) is 5.24. The number of aryl methyl sites for hydroxylation is 3. The van der Waals surface area contributed by atoms with Gasteiger partial charge in [0.25, 0.3) is 5.91 Å². The lowest BCUT2D eigenvalue weighted by molar-refractivity contribution is 0.0667. The molecule has 1 amide bonds. The summed E-state index contributed by atoms with van der Waals surface area (Å²) in [4.78, 5) is 27.7. The van der Waals surface area contributed by atoms with E-state index < -0.39 is 0 Å². The Labute approximate surface area is 163 Å². The Bertz CT molecular complexity index is 973. The molecule has 0 unspecified atom stereocenters. The van der Waals surface area contributed by atoms with Crippen LogP contribution in [0.15, 0.2) is 29.4 Å². The van der Waals surface area contributed by atoms with Gasteiger partial charge in [0, 0.05) is 32.0 Å². The molecule has 1 aliphatic rings. The van der Waals surface area contributed by atoms with Crippen LogP contribution in [-0.2, 0) is 13.5 Å². The minimum Gasteiger partial charge on any atom is -0.361 e. The van der Waals surface area contributed by atoms with Crippen molar-refractivity contribution >= 4 is 5.91 Å². The van der Waals surface area contributed by atoms with Crippen molar-refractivity contribution in [3.63, 3.8) is 0 Å². The molecule has 0 saturated carbocycles. The molecule has 146 valence electrons. The molecule has 3 aromatic heterocycles. The third kappa shape index (κ3) is 3.67. The van der Waals surface area contributed by atoms with Gasteiger partial charge in [-0.2, -0.15) is 0 Å². The summed E-state index contributed by atoms with van der Waals surface area (Å²) in [7, 11) is 1.87. The van der Waals surface area contributed by atoms with Crippen LogP contribution < -0.4 is 0 Å². The van der Waals surface area contributed by atoms with Gasteiger partial charge in [-0.25, -0.2) is 15.0 Å². The smallest absolute Gasteiger partial charge is 0.274 e. The summed E-state index contributed by atoms with van der Waals surface area (Å²) >= 11 is 0. The van der Waals surface area contributed by atoms with Gasteiger partial charge in [-0.1, -0.05) is 5.16 Å². The van der Waals surface area contributed by atoms with E-state index in [-0.39, 0.29) is 5.91 Å². The average molecular weight is 380 g/mol. The quantitative estimate of drug-likeness (QED) is 0.691. The Morgan fingerprint density at radius 2 is 2.14 bits per heavy atom. The highest BCUT2D eigenvalue weighted by atomic mass is 16.5. The van der Waals surface area contributed by atoms with Gasteiger partial charge in [0.15, 0.2) is 0 Å². The first-order valence-corrected chi connectivity index (χ1v) is 9.52. The number of carbonyl (C=O) groups excluding carboxylic acids is 1. The highest BCUT2D eigenvalue weighted by molar-refractivity contribution is 5.92. The van der Waals surface area contributed by atoms with Crippen LogP contribution in [0.4, 0.5) is 0 Å². The molecular formula is C20H24N6O2. The molecule has 8 nitrogen and oxygen atoms in total. The monoisotopic (exact) mass is 380 g/mol. The summed E-state index contributed by atoms with van der Waals surface area (Å²) in [6, 6.07) is 2.01. The molecule has 0 aromatic carbocycles. The SMILES string of the molecule is Cc1noc(C)c1-c1cc(C[C@@H]2CCCN(C(=O)c3cn(C)cn3)C2)ncn1. The van der Waals surface area contributed by atoms with Crippen LogP contribution in [0.1, 0.15) is 40.5 Å². The molecule has 0 aliphatic carbocycles. The molecule has 1 saturated heterocycles. The zero-order valence-electron chi connectivity index (χ0n) is 16.4. The van der Waals surface area contributed by atoms with E-state index in [1.807, 2.05) is 31.9 Å². The fourth-order valence-corrected chi connectivity index (χ4v) is 3.89. The van der Waals surface area contributed by atoms with Gasteiger partial charge in [0.05, 0.1) is 23.3 Å². The lowest BCUT2D eigenvalue weighted by Gasteiger charge is -2.32. The van der Waals surface area contributed by atoms with Crippen molar-refractivity contribution in [3.05, 3.63) is 47.8 Å². The number of nitrogens with zero attached hydrogens (tertiary/aromatic N) is 6. The number of rotatable bonds is 4. The number of piperidine rings is 1. The number of hydrogen-bond acceptors (Lipinski definition) is 6. The van der Waals surface area contributed by atoms with Crippen LogP contribution in [0.3, 0.4) is 0 Å². The second-order valence-electron chi connectivity index (χ2n) is 7.48. The van der Waals surface area contributed by atoms with Crippen molar-refractivity contribution in [1.82, 2.24) is 29.6 Å². The van der Waals surface area contributed by atoms with E-state index in [4.69, 9.17) is 4.52 Å². The predicted octanol–water partition coefficient (Wildman–Crippen LogP) is 2.58. The Balaban J connectivity index is 1.47. The second-order valence-corrected chi connectivity index (χ2v) is 7.48. The molecule has 4 rings (SSSR count). The fraction of sp³-hybridized carbons (Fsp3) is 0.450. The number of likely N-dealkylation sites (tertiary alicyclic amines) is 1. The topological polar surface area (TPSA) is 89.9 Å². The van der Waals surface area contributed by atoms with E-state index in [9.17, 15) is 4.79 Å². The summed E-state index contributed by atoms with van der Waals surface area (Å²) in [5.74, 6) is 1.13. The molecule has 4 heterocycles. The molecule has 28 heavy (non-hydrogen) atoms. The molecule has 0 bridgehead atoms. The van der Waals surface area contributed by atoms with Crippen LogP contribution >= 0.6 is 0 Å². The number of imidazole rings is 1. The molecule has 0 N–H and O–H groups in total. The van der Waals surface area contributed by atoms with Crippen molar-refractivity contribution in [2.24, 2.45) is 13.0 Å². The normalized spacial score (nSPS) is 17.1. The zero-order valence-corrected chi connectivity index (χ0v) is 16.4.